The SMILES string of the molecule is O=C(Nc1cccc(CO)c1)C1CC2CCCCC2N1. The number of benzene rings is 1. The Morgan fingerprint density at radius 3 is 3.00 bits per heavy atom. The van der Waals surface area contributed by atoms with Gasteiger partial charge in [-0.3, -0.25) is 4.79 Å². The van der Waals surface area contributed by atoms with Gasteiger partial charge in [-0.05, 0) is 42.9 Å². The molecule has 1 aliphatic heterocycles. The van der Waals surface area contributed by atoms with E-state index in [0.717, 1.165) is 17.7 Å². The van der Waals surface area contributed by atoms with E-state index in [1.807, 2.05) is 24.3 Å². The predicted molar refractivity (Wildman–Crippen MR) is 78.3 cm³/mol. The Hall–Kier alpha value is -1.39. The van der Waals surface area contributed by atoms with Crippen molar-refractivity contribution in [2.24, 2.45) is 5.92 Å². The van der Waals surface area contributed by atoms with Crippen molar-refractivity contribution in [3.63, 3.8) is 0 Å². The molecular formula is C16H22N2O2. The van der Waals surface area contributed by atoms with Crippen LogP contribution in [0.1, 0.15) is 37.7 Å². The third kappa shape index (κ3) is 2.86. The van der Waals surface area contributed by atoms with Crippen molar-refractivity contribution in [3.8, 4) is 0 Å². The lowest BCUT2D eigenvalue weighted by atomic mass is 9.85. The van der Waals surface area contributed by atoms with Gasteiger partial charge in [0.2, 0.25) is 5.91 Å². The number of carbonyl (C=O) groups excluding carboxylic acids is 1. The molecule has 4 heteroatoms. The Balaban J connectivity index is 1.61. The molecular weight excluding hydrogens is 252 g/mol. The van der Waals surface area contributed by atoms with Gasteiger partial charge >= 0.3 is 0 Å². The molecule has 3 unspecified atom stereocenters. The maximum Gasteiger partial charge on any atom is 0.241 e. The number of amides is 1. The quantitative estimate of drug-likeness (QED) is 0.790. The van der Waals surface area contributed by atoms with E-state index in [1.165, 1.54) is 25.7 Å². The molecule has 0 spiro atoms. The van der Waals surface area contributed by atoms with E-state index in [2.05, 4.69) is 10.6 Å². The molecule has 1 aromatic rings. The fourth-order valence-electron chi connectivity index (χ4n) is 3.50. The van der Waals surface area contributed by atoms with Crippen LogP contribution in [0.3, 0.4) is 0 Å². The third-order valence-corrected chi connectivity index (χ3v) is 4.56. The first-order valence-electron chi connectivity index (χ1n) is 7.53. The van der Waals surface area contributed by atoms with E-state index >= 15 is 0 Å². The van der Waals surface area contributed by atoms with Crippen molar-refractivity contribution in [1.29, 1.82) is 0 Å². The van der Waals surface area contributed by atoms with E-state index in [9.17, 15) is 4.79 Å². The van der Waals surface area contributed by atoms with E-state index in [0.29, 0.717) is 12.0 Å². The molecule has 108 valence electrons. The summed E-state index contributed by atoms with van der Waals surface area (Å²) in [6, 6.07) is 7.84. The largest absolute Gasteiger partial charge is 0.392 e. The minimum absolute atomic E-state index is 0.00443. The zero-order valence-electron chi connectivity index (χ0n) is 11.6. The van der Waals surface area contributed by atoms with Crippen molar-refractivity contribution < 1.29 is 9.90 Å². The van der Waals surface area contributed by atoms with Crippen molar-refractivity contribution >= 4 is 11.6 Å². The van der Waals surface area contributed by atoms with Crippen molar-refractivity contribution in [3.05, 3.63) is 29.8 Å². The topological polar surface area (TPSA) is 61.4 Å². The Labute approximate surface area is 119 Å². The Bertz CT molecular complexity index is 475. The lowest BCUT2D eigenvalue weighted by molar-refractivity contribution is -0.117. The van der Waals surface area contributed by atoms with Crippen LogP contribution < -0.4 is 10.6 Å². The lowest BCUT2D eigenvalue weighted by Crippen LogP contribution is -2.39. The maximum absolute atomic E-state index is 12.3. The molecule has 1 amide bonds. The molecule has 2 fully saturated rings. The van der Waals surface area contributed by atoms with Crippen LogP contribution >= 0.6 is 0 Å². The molecule has 0 bridgehead atoms. The summed E-state index contributed by atoms with van der Waals surface area (Å²) in [6.45, 7) is -0.00443. The number of hydrogen-bond donors (Lipinski definition) is 3. The second kappa shape index (κ2) is 5.94. The Kier molecular flexibility index (Phi) is 4.03. The molecule has 3 N–H and O–H groups in total. The molecule has 0 aromatic heterocycles. The highest BCUT2D eigenvalue weighted by Gasteiger charge is 2.38. The fourth-order valence-corrected chi connectivity index (χ4v) is 3.50. The minimum Gasteiger partial charge on any atom is -0.392 e. The van der Waals surface area contributed by atoms with Gasteiger partial charge in [0, 0.05) is 11.7 Å². The molecule has 1 aliphatic carbocycles. The highest BCUT2D eigenvalue weighted by Crippen LogP contribution is 2.33. The van der Waals surface area contributed by atoms with E-state index < -0.39 is 0 Å². The van der Waals surface area contributed by atoms with Crippen LogP contribution in [0.15, 0.2) is 24.3 Å². The summed E-state index contributed by atoms with van der Waals surface area (Å²) in [5, 5.41) is 15.6. The summed E-state index contributed by atoms with van der Waals surface area (Å²) < 4.78 is 0. The normalized spacial score (nSPS) is 28.9. The highest BCUT2D eigenvalue weighted by atomic mass is 16.3. The van der Waals surface area contributed by atoms with Crippen LogP contribution in [-0.4, -0.2) is 23.1 Å². The first-order chi connectivity index (χ1) is 9.76. The van der Waals surface area contributed by atoms with Crippen LogP contribution in [0.5, 0.6) is 0 Å². The van der Waals surface area contributed by atoms with Gasteiger partial charge < -0.3 is 15.7 Å². The fraction of sp³-hybridized carbons (Fsp3) is 0.562. The molecule has 0 radical (unpaired) electrons. The van der Waals surface area contributed by atoms with Crippen molar-refractivity contribution in [2.75, 3.05) is 5.32 Å². The molecule has 20 heavy (non-hydrogen) atoms. The summed E-state index contributed by atoms with van der Waals surface area (Å²) in [5.41, 5.74) is 1.58. The summed E-state index contributed by atoms with van der Waals surface area (Å²) in [6.07, 6.45) is 5.99. The first-order valence-corrected chi connectivity index (χ1v) is 7.53. The average molecular weight is 274 g/mol. The average Bonchev–Trinajstić information content (AvgIpc) is 2.91. The number of anilines is 1. The van der Waals surface area contributed by atoms with Crippen LogP contribution in [-0.2, 0) is 11.4 Å². The first kappa shape index (κ1) is 13.6. The zero-order chi connectivity index (χ0) is 13.9. The number of aliphatic hydroxyl groups is 1. The van der Waals surface area contributed by atoms with Crippen molar-refractivity contribution in [1.82, 2.24) is 5.32 Å². The van der Waals surface area contributed by atoms with E-state index in [4.69, 9.17) is 5.11 Å². The Morgan fingerprint density at radius 2 is 2.20 bits per heavy atom. The van der Waals surface area contributed by atoms with Crippen LogP contribution in [0.25, 0.3) is 0 Å². The molecule has 2 aliphatic rings. The lowest BCUT2D eigenvalue weighted by Gasteiger charge is -2.24. The number of aliphatic hydroxyl groups excluding tert-OH is 1. The van der Waals surface area contributed by atoms with Gasteiger partial charge in [-0.15, -0.1) is 0 Å². The third-order valence-electron chi connectivity index (χ3n) is 4.56. The van der Waals surface area contributed by atoms with Gasteiger partial charge in [-0.2, -0.15) is 0 Å². The molecule has 1 aromatic carbocycles. The second-order valence-corrected chi connectivity index (χ2v) is 5.95. The van der Waals surface area contributed by atoms with Crippen molar-refractivity contribution in [2.45, 2.75) is 50.8 Å². The van der Waals surface area contributed by atoms with Crippen LogP contribution in [0.4, 0.5) is 5.69 Å². The molecule has 4 nitrogen and oxygen atoms in total. The highest BCUT2D eigenvalue weighted by molar-refractivity contribution is 5.95. The monoisotopic (exact) mass is 274 g/mol. The van der Waals surface area contributed by atoms with Crippen LogP contribution in [0.2, 0.25) is 0 Å². The minimum atomic E-state index is -0.0686. The number of hydrogen-bond acceptors (Lipinski definition) is 3. The van der Waals surface area contributed by atoms with Gasteiger partial charge in [0.05, 0.1) is 12.6 Å². The number of carbonyl (C=O) groups is 1. The second-order valence-electron chi connectivity index (χ2n) is 5.95. The summed E-state index contributed by atoms with van der Waals surface area (Å²) in [5.74, 6) is 0.720. The molecule has 3 atom stereocenters. The maximum atomic E-state index is 12.3. The number of fused-ring (bicyclic) bond motifs is 1. The number of nitrogens with one attached hydrogen (secondary N) is 2. The smallest absolute Gasteiger partial charge is 0.241 e. The standard InChI is InChI=1S/C16H22N2O2/c19-10-11-4-3-6-13(8-11)17-16(20)15-9-12-5-1-2-7-14(12)18-15/h3-4,6,8,12,14-15,18-19H,1-2,5,7,9-10H2,(H,17,20). The summed E-state index contributed by atoms with van der Waals surface area (Å²) >= 11 is 0. The van der Waals surface area contributed by atoms with Crippen LogP contribution in [0, 0.1) is 5.92 Å². The van der Waals surface area contributed by atoms with Gasteiger partial charge in [-0.1, -0.05) is 25.0 Å². The molecule has 1 saturated carbocycles. The molecule has 1 heterocycles. The predicted octanol–water partition coefficient (Wildman–Crippen LogP) is 2.04. The zero-order valence-corrected chi connectivity index (χ0v) is 11.6. The molecule has 3 rings (SSSR count). The number of rotatable bonds is 3. The van der Waals surface area contributed by atoms with E-state index in [-0.39, 0.29) is 18.6 Å². The van der Waals surface area contributed by atoms with Gasteiger partial charge in [-0.25, -0.2) is 0 Å². The summed E-state index contributed by atoms with van der Waals surface area (Å²) in [4.78, 5) is 12.3. The molecule has 1 saturated heterocycles. The Morgan fingerprint density at radius 1 is 1.35 bits per heavy atom. The van der Waals surface area contributed by atoms with Gasteiger partial charge in [0.25, 0.3) is 0 Å². The summed E-state index contributed by atoms with van der Waals surface area (Å²) in [7, 11) is 0. The van der Waals surface area contributed by atoms with Gasteiger partial charge in [0.15, 0.2) is 0 Å². The van der Waals surface area contributed by atoms with Gasteiger partial charge in [0.1, 0.15) is 0 Å². The van der Waals surface area contributed by atoms with E-state index in [1.54, 1.807) is 0 Å².